The second kappa shape index (κ2) is 9.54. The highest BCUT2D eigenvalue weighted by atomic mass is 16.5. The number of likely N-dealkylation sites (N-methyl/N-ethyl adjacent to an activating group) is 1. The number of nitrogens with zero attached hydrogens (tertiary/aromatic N) is 3. The molecule has 8 nitrogen and oxygen atoms in total. The van der Waals surface area contributed by atoms with Crippen LogP contribution in [-0.2, 0) is 17.6 Å². The minimum Gasteiger partial charge on any atom is -0.497 e. The standard InChI is InChI=1S/C20H29N5O3/c1-24(19(26)12-18-21-20(27)23-22-18)13-16-4-3-10-25(14-16)11-9-15-5-7-17(28-2)8-6-15/h5-8,16H,3-4,9-14H2,1-2H3,(H2,21,22,23,27)/t16-/m0/s1. The number of carbonyl (C=O) groups excluding carboxylic acids is 1. The monoisotopic (exact) mass is 387 g/mol. The molecule has 0 unspecified atom stereocenters. The Bertz CT molecular complexity index is 814. The van der Waals surface area contributed by atoms with Crippen LogP contribution in [0, 0.1) is 5.92 Å². The Morgan fingerprint density at radius 3 is 2.82 bits per heavy atom. The van der Waals surface area contributed by atoms with Crippen molar-refractivity contribution in [1.82, 2.24) is 25.0 Å². The number of nitrogens with one attached hydrogen (secondary N) is 2. The van der Waals surface area contributed by atoms with Crippen LogP contribution >= 0.6 is 0 Å². The number of aromatic amines is 2. The van der Waals surface area contributed by atoms with Crippen LogP contribution < -0.4 is 10.4 Å². The molecule has 1 aliphatic rings. The first-order chi connectivity index (χ1) is 13.5. The van der Waals surface area contributed by atoms with Gasteiger partial charge in [-0.15, -0.1) is 0 Å². The zero-order chi connectivity index (χ0) is 19.9. The van der Waals surface area contributed by atoms with Crippen LogP contribution in [0.1, 0.15) is 24.2 Å². The maximum atomic E-state index is 12.4. The van der Waals surface area contributed by atoms with Gasteiger partial charge in [0.25, 0.3) is 0 Å². The summed E-state index contributed by atoms with van der Waals surface area (Å²) in [6, 6.07) is 8.24. The van der Waals surface area contributed by atoms with Crippen LogP contribution in [0.4, 0.5) is 0 Å². The molecule has 1 aromatic carbocycles. The van der Waals surface area contributed by atoms with E-state index in [1.165, 1.54) is 5.56 Å². The lowest BCUT2D eigenvalue weighted by molar-refractivity contribution is -0.130. The molecule has 1 amide bonds. The summed E-state index contributed by atoms with van der Waals surface area (Å²) in [4.78, 5) is 30.2. The minimum atomic E-state index is -0.384. The molecule has 1 aliphatic heterocycles. The fourth-order valence-electron chi connectivity index (χ4n) is 3.74. The van der Waals surface area contributed by atoms with Gasteiger partial charge in [-0.05, 0) is 49.4 Å². The third-order valence-electron chi connectivity index (χ3n) is 5.31. The Hall–Kier alpha value is -2.61. The van der Waals surface area contributed by atoms with E-state index >= 15 is 0 Å². The van der Waals surface area contributed by atoms with Crippen LogP contribution in [0.2, 0.25) is 0 Å². The van der Waals surface area contributed by atoms with Gasteiger partial charge < -0.3 is 14.5 Å². The van der Waals surface area contributed by atoms with Gasteiger partial charge in [0.2, 0.25) is 5.91 Å². The molecular formula is C20H29N5O3. The Labute approximate surface area is 164 Å². The molecule has 2 N–H and O–H groups in total. The summed E-state index contributed by atoms with van der Waals surface area (Å²) < 4.78 is 5.21. The number of ether oxygens (including phenoxy) is 1. The van der Waals surface area contributed by atoms with Gasteiger partial charge >= 0.3 is 5.69 Å². The van der Waals surface area contributed by atoms with Gasteiger partial charge in [-0.2, -0.15) is 5.10 Å². The second-order valence-electron chi connectivity index (χ2n) is 7.48. The molecule has 1 aromatic heterocycles. The van der Waals surface area contributed by atoms with E-state index in [9.17, 15) is 9.59 Å². The molecule has 28 heavy (non-hydrogen) atoms. The Morgan fingerprint density at radius 1 is 1.36 bits per heavy atom. The van der Waals surface area contributed by atoms with Crippen molar-refractivity contribution in [1.29, 1.82) is 0 Å². The Balaban J connectivity index is 1.44. The van der Waals surface area contributed by atoms with Crippen molar-refractivity contribution in [2.45, 2.75) is 25.7 Å². The van der Waals surface area contributed by atoms with Gasteiger partial charge in [-0.25, -0.2) is 9.89 Å². The average Bonchev–Trinajstić information content (AvgIpc) is 3.11. The Morgan fingerprint density at radius 2 is 2.14 bits per heavy atom. The summed E-state index contributed by atoms with van der Waals surface area (Å²) in [6.45, 7) is 3.87. The fourth-order valence-corrected chi connectivity index (χ4v) is 3.74. The number of H-pyrrole nitrogens is 2. The van der Waals surface area contributed by atoms with E-state index in [4.69, 9.17) is 4.74 Å². The molecule has 2 aromatic rings. The molecule has 0 saturated carbocycles. The number of likely N-dealkylation sites (tertiary alicyclic amines) is 1. The van der Waals surface area contributed by atoms with E-state index in [1.807, 2.05) is 19.2 Å². The highest BCUT2D eigenvalue weighted by molar-refractivity contribution is 5.77. The summed E-state index contributed by atoms with van der Waals surface area (Å²) in [6.07, 6.45) is 3.42. The van der Waals surface area contributed by atoms with Crippen LogP contribution in [0.15, 0.2) is 29.1 Å². The van der Waals surface area contributed by atoms with Gasteiger partial charge in [0.05, 0.1) is 13.5 Å². The zero-order valence-corrected chi connectivity index (χ0v) is 16.6. The van der Waals surface area contributed by atoms with Crippen molar-refractivity contribution in [2.24, 2.45) is 5.92 Å². The number of rotatable bonds is 8. The number of amides is 1. The molecule has 152 valence electrons. The number of benzene rings is 1. The minimum absolute atomic E-state index is 0.0295. The molecule has 1 atom stereocenters. The van der Waals surface area contributed by atoms with Crippen LogP contribution in [0.5, 0.6) is 5.75 Å². The topological polar surface area (TPSA) is 94.3 Å². The summed E-state index contributed by atoms with van der Waals surface area (Å²) in [7, 11) is 3.50. The maximum Gasteiger partial charge on any atom is 0.340 e. The zero-order valence-electron chi connectivity index (χ0n) is 16.6. The molecule has 0 radical (unpaired) electrons. The smallest absolute Gasteiger partial charge is 0.340 e. The SMILES string of the molecule is COc1ccc(CCN2CCC[C@@H](CN(C)C(=O)Cc3n[nH]c(=O)[nH]3)C2)cc1. The van der Waals surface area contributed by atoms with Crippen LogP contribution in [0.3, 0.4) is 0 Å². The van der Waals surface area contributed by atoms with Crippen molar-refractivity contribution < 1.29 is 9.53 Å². The molecule has 3 rings (SSSR count). The average molecular weight is 387 g/mol. The number of piperidine rings is 1. The van der Waals surface area contributed by atoms with Crippen molar-refractivity contribution in [3.8, 4) is 5.75 Å². The molecule has 0 aliphatic carbocycles. The molecule has 8 heteroatoms. The third kappa shape index (κ3) is 5.69. The molecule has 0 spiro atoms. The molecule has 2 heterocycles. The van der Waals surface area contributed by atoms with Crippen molar-refractivity contribution >= 4 is 5.91 Å². The van der Waals surface area contributed by atoms with E-state index in [2.05, 4.69) is 32.2 Å². The molecule has 1 saturated heterocycles. The number of aromatic nitrogens is 3. The van der Waals surface area contributed by atoms with E-state index < -0.39 is 0 Å². The highest BCUT2D eigenvalue weighted by Gasteiger charge is 2.23. The predicted molar refractivity (Wildman–Crippen MR) is 106 cm³/mol. The third-order valence-corrected chi connectivity index (χ3v) is 5.31. The lowest BCUT2D eigenvalue weighted by Gasteiger charge is -2.34. The normalized spacial score (nSPS) is 17.4. The predicted octanol–water partition coefficient (Wildman–Crippen LogP) is 1.06. The first kappa shape index (κ1) is 20.1. The first-order valence-corrected chi connectivity index (χ1v) is 9.76. The van der Waals surface area contributed by atoms with E-state index in [0.717, 1.165) is 51.2 Å². The van der Waals surface area contributed by atoms with Crippen molar-refractivity contribution in [2.75, 3.05) is 40.3 Å². The van der Waals surface area contributed by atoms with Gasteiger partial charge in [0, 0.05) is 26.7 Å². The van der Waals surface area contributed by atoms with Crippen molar-refractivity contribution in [3.05, 3.63) is 46.1 Å². The number of methoxy groups -OCH3 is 1. The maximum absolute atomic E-state index is 12.4. The van der Waals surface area contributed by atoms with Gasteiger partial charge in [0.15, 0.2) is 0 Å². The summed E-state index contributed by atoms with van der Waals surface area (Å²) in [5, 5.41) is 6.09. The van der Waals surface area contributed by atoms with Crippen LogP contribution in [-0.4, -0.2) is 71.2 Å². The molecular weight excluding hydrogens is 358 g/mol. The fraction of sp³-hybridized carbons (Fsp3) is 0.550. The number of hydrogen-bond acceptors (Lipinski definition) is 5. The lowest BCUT2D eigenvalue weighted by Crippen LogP contribution is -2.42. The number of carbonyl (C=O) groups is 1. The first-order valence-electron chi connectivity index (χ1n) is 9.76. The van der Waals surface area contributed by atoms with E-state index in [0.29, 0.717) is 11.7 Å². The summed E-state index contributed by atoms with van der Waals surface area (Å²) >= 11 is 0. The van der Waals surface area contributed by atoms with Gasteiger partial charge in [-0.1, -0.05) is 12.1 Å². The van der Waals surface area contributed by atoms with E-state index in [1.54, 1.807) is 12.0 Å². The molecule has 0 bridgehead atoms. The number of hydrogen-bond donors (Lipinski definition) is 2. The van der Waals surface area contributed by atoms with Crippen molar-refractivity contribution in [3.63, 3.8) is 0 Å². The quantitative estimate of drug-likeness (QED) is 0.706. The second-order valence-corrected chi connectivity index (χ2v) is 7.48. The Kier molecular flexibility index (Phi) is 6.86. The summed E-state index contributed by atoms with van der Waals surface area (Å²) in [5.74, 6) is 1.70. The summed E-state index contributed by atoms with van der Waals surface area (Å²) in [5.41, 5.74) is 0.924. The lowest BCUT2D eigenvalue weighted by atomic mass is 9.97. The molecule has 1 fully saturated rings. The van der Waals surface area contributed by atoms with Gasteiger partial charge in [0.1, 0.15) is 11.6 Å². The van der Waals surface area contributed by atoms with E-state index in [-0.39, 0.29) is 18.0 Å². The highest BCUT2D eigenvalue weighted by Crippen LogP contribution is 2.19. The van der Waals surface area contributed by atoms with Crippen LogP contribution in [0.25, 0.3) is 0 Å². The largest absolute Gasteiger partial charge is 0.497 e. The van der Waals surface area contributed by atoms with Gasteiger partial charge in [-0.3, -0.25) is 9.78 Å².